The van der Waals surface area contributed by atoms with Crippen molar-refractivity contribution in [3.05, 3.63) is 42.5 Å². The molecule has 27 heavy (non-hydrogen) atoms. The van der Waals surface area contributed by atoms with Crippen molar-refractivity contribution in [2.45, 2.75) is 32.1 Å². The van der Waals surface area contributed by atoms with E-state index in [9.17, 15) is 9.59 Å². The lowest BCUT2D eigenvalue weighted by Gasteiger charge is -2.23. The van der Waals surface area contributed by atoms with Gasteiger partial charge < -0.3 is 15.1 Å². The van der Waals surface area contributed by atoms with Gasteiger partial charge in [-0.2, -0.15) is 0 Å². The summed E-state index contributed by atoms with van der Waals surface area (Å²) < 4.78 is 0. The molecule has 1 saturated carbocycles. The fourth-order valence-corrected chi connectivity index (χ4v) is 3.79. The van der Waals surface area contributed by atoms with Crippen molar-refractivity contribution >= 4 is 28.4 Å². The highest BCUT2D eigenvalue weighted by atomic mass is 16.2. The fourth-order valence-electron chi connectivity index (χ4n) is 3.79. The van der Waals surface area contributed by atoms with Crippen molar-refractivity contribution in [2.24, 2.45) is 5.92 Å². The third-order valence-corrected chi connectivity index (χ3v) is 5.63. The minimum atomic E-state index is -0.0846. The van der Waals surface area contributed by atoms with Gasteiger partial charge in [0.1, 0.15) is 0 Å². The molecule has 1 saturated heterocycles. The van der Waals surface area contributed by atoms with Crippen LogP contribution < -0.4 is 5.32 Å². The van der Waals surface area contributed by atoms with Crippen molar-refractivity contribution in [1.82, 2.24) is 9.80 Å². The Hall–Kier alpha value is -2.56. The summed E-state index contributed by atoms with van der Waals surface area (Å²) in [5.41, 5.74) is 0.833. The third-order valence-electron chi connectivity index (χ3n) is 5.63. The zero-order valence-corrected chi connectivity index (χ0v) is 15.7. The number of hydrogen-bond acceptors (Lipinski definition) is 2. The normalized spacial score (nSPS) is 17.6. The first-order valence-electron chi connectivity index (χ1n) is 10.0. The van der Waals surface area contributed by atoms with E-state index in [0.29, 0.717) is 26.1 Å². The smallest absolute Gasteiger partial charge is 0.321 e. The molecule has 3 amide bonds. The molecule has 2 aromatic carbocycles. The molecule has 2 fully saturated rings. The SMILES string of the molecule is O=C(CCC1CC1)N1CCCN(C(=O)Nc2cccc3ccccc23)CC1. The number of fused-ring (bicyclic) bond motifs is 1. The first-order valence-corrected chi connectivity index (χ1v) is 10.0. The summed E-state index contributed by atoms with van der Waals surface area (Å²) in [6.07, 6.45) is 5.09. The summed E-state index contributed by atoms with van der Waals surface area (Å²) in [5.74, 6) is 1.03. The first kappa shape index (κ1) is 17.8. The summed E-state index contributed by atoms with van der Waals surface area (Å²) in [7, 11) is 0. The van der Waals surface area contributed by atoms with E-state index < -0.39 is 0 Å². The van der Waals surface area contributed by atoms with Crippen LogP contribution in [0.5, 0.6) is 0 Å². The summed E-state index contributed by atoms with van der Waals surface area (Å²) in [6, 6.07) is 13.9. The Morgan fingerprint density at radius 2 is 1.67 bits per heavy atom. The fraction of sp³-hybridized carbons (Fsp3) is 0.455. The van der Waals surface area contributed by atoms with E-state index in [0.717, 1.165) is 41.8 Å². The number of rotatable bonds is 4. The molecular formula is C22H27N3O2. The highest BCUT2D eigenvalue weighted by Crippen LogP contribution is 2.33. The number of anilines is 1. The molecule has 1 aliphatic carbocycles. The molecule has 0 aromatic heterocycles. The van der Waals surface area contributed by atoms with Crippen LogP contribution in [0, 0.1) is 5.92 Å². The zero-order chi connectivity index (χ0) is 18.6. The van der Waals surface area contributed by atoms with Gasteiger partial charge in [0.2, 0.25) is 5.91 Å². The molecule has 2 aliphatic rings. The van der Waals surface area contributed by atoms with E-state index in [-0.39, 0.29) is 11.9 Å². The van der Waals surface area contributed by atoms with Gasteiger partial charge in [0.15, 0.2) is 0 Å². The van der Waals surface area contributed by atoms with E-state index in [2.05, 4.69) is 5.32 Å². The summed E-state index contributed by atoms with van der Waals surface area (Å²) in [6.45, 7) is 2.66. The Bertz CT molecular complexity index is 826. The second-order valence-electron chi connectivity index (χ2n) is 7.66. The maximum Gasteiger partial charge on any atom is 0.321 e. The average Bonchev–Trinajstić information content (AvgIpc) is 3.53. The van der Waals surface area contributed by atoms with Gasteiger partial charge in [0.05, 0.1) is 5.69 Å². The zero-order valence-electron chi connectivity index (χ0n) is 15.7. The van der Waals surface area contributed by atoms with Crippen LogP contribution in [-0.4, -0.2) is 47.9 Å². The highest BCUT2D eigenvalue weighted by molar-refractivity contribution is 6.01. The number of carbonyl (C=O) groups is 2. The van der Waals surface area contributed by atoms with Gasteiger partial charge in [-0.05, 0) is 30.2 Å². The average molecular weight is 365 g/mol. The van der Waals surface area contributed by atoms with Crippen LogP contribution in [0.2, 0.25) is 0 Å². The van der Waals surface area contributed by atoms with E-state index in [1.807, 2.05) is 52.3 Å². The maximum atomic E-state index is 12.8. The van der Waals surface area contributed by atoms with Gasteiger partial charge in [-0.15, -0.1) is 0 Å². The molecule has 0 spiro atoms. The molecule has 1 aliphatic heterocycles. The van der Waals surface area contributed by atoms with E-state index in [4.69, 9.17) is 0 Å². The predicted octanol–water partition coefficient (Wildman–Crippen LogP) is 4.10. The third kappa shape index (κ3) is 4.41. The molecule has 4 rings (SSSR count). The number of benzene rings is 2. The summed E-state index contributed by atoms with van der Waals surface area (Å²) in [4.78, 5) is 28.9. The molecular weight excluding hydrogens is 338 g/mol. The summed E-state index contributed by atoms with van der Waals surface area (Å²) in [5, 5.41) is 5.21. The van der Waals surface area contributed by atoms with Crippen molar-refractivity contribution in [3.63, 3.8) is 0 Å². The van der Waals surface area contributed by atoms with Crippen LogP contribution in [-0.2, 0) is 4.79 Å². The molecule has 5 nitrogen and oxygen atoms in total. The minimum Gasteiger partial charge on any atom is -0.341 e. The van der Waals surface area contributed by atoms with E-state index in [1.54, 1.807) is 0 Å². The first-order chi connectivity index (χ1) is 13.2. The Labute approximate surface area is 160 Å². The molecule has 1 N–H and O–H groups in total. The van der Waals surface area contributed by atoms with Crippen LogP contribution in [0.3, 0.4) is 0 Å². The van der Waals surface area contributed by atoms with Gasteiger partial charge in [-0.1, -0.05) is 49.2 Å². The van der Waals surface area contributed by atoms with Crippen molar-refractivity contribution < 1.29 is 9.59 Å². The summed E-state index contributed by atoms with van der Waals surface area (Å²) >= 11 is 0. The topological polar surface area (TPSA) is 52.7 Å². The van der Waals surface area contributed by atoms with Crippen LogP contribution >= 0.6 is 0 Å². The molecule has 0 bridgehead atoms. The van der Waals surface area contributed by atoms with Crippen molar-refractivity contribution in [2.75, 3.05) is 31.5 Å². The van der Waals surface area contributed by atoms with E-state index >= 15 is 0 Å². The van der Waals surface area contributed by atoms with Crippen molar-refractivity contribution in [1.29, 1.82) is 0 Å². The predicted molar refractivity (Wildman–Crippen MR) is 108 cm³/mol. The van der Waals surface area contributed by atoms with Crippen LogP contribution in [0.4, 0.5) is 10.5 Å². The van der Waals surface area contributed by atoms with Gasteiger partial charge in [0, 0.05) is 38.0 Å². The minimum absolute atomic E-state index is 0.0846. The lowest BCUT2D eigenvalue weighted by Crippen LogP contribution is -2.39. The van der Waals surface area contributed by atoms with Crippen LogP contribution in [0.15, 0.2) is 42.5 Å². The Morgan fingerprint density at radius 3 is 2.52 bits per heavy atom. The lowest BCUT2D eigenvalue weighted by molar-refractivity contribution is -0.131. The number of carbonyl (C=O) groups excluding carboxylic acids is 2. The number of hydrogen-bond donors (Lipinski definition) is 1. The second-order valence-corrected chi connectivity index (χ2v) is 7.66. The van der Waals surface area contributed by atoms with Crippen LogP contribution in [0.1, 0.15) is 32.1 Å². The maximum absolute atomic E-state index is 12.8. The highest BCUT2D eigenvalue weighted by Gasteiger charge is 2.25. The van der Waals surface area contributed by atoms with Gasteiger partial charge >= 0.3 is 6.03 Å². The standard InChI is InChI=1S/C22H27N3O2/c26-21(12-11-17-9-10-17)24-13-4-14-25(16-15-24)22(27)23-20-8-3-6-18-5-1-2-7-19(18)20/h1-3,5-8,17H,4,9-16H2,(H,23,27). The number of amides is 3. The molecule has 1 heterocycles. The lowest BCUT2D eigenvalue weighted by atomic mass is 10.1. The Balaban J connectivity index is 1.35. The molecule has 0 atom stereocenters. The largest absolute Gasteiger partial charge is 0.341 e. The Kier molecular flexibility index (Phi) is 5.28. The monoisotopic (exact) mass is 365 g/mol. The Morgan fingerprint density at radius 1 is 0.926 bits per heavy atom. The number of urea groups is 1. The van der Waals surface area contributed by atoms with Crippen molar-refractivity contribution in [3.8, 4) is 0 Å². The number of nitrogens with zero attached hydrogens (tertiary/aromatic N) is 2. The number of nitrogens with one attached hydrogen (secondary N) is 1. The second kappa shape index (κ2) is 7.99. The van der Waals surface area contributed by atoms with Gasteiger partial charge in [-0.3, -0.25) is 4.79 Å². The molecule has 0 unspecified atom stereocenters. The quantitative estimate of drug-likeness (QED) is 0.887. The van der Waals surface area contributed by atoms with Gasteiger partial charge in [-0.25, -0.2) is 4.79 Å². The van der Waals surface area contributed by atoms with Crippen LogP contribution in [0.25, 0.3) is 10.8 Å². The van der Waals surface area contributed by atoms with Gasteiger partial charge in [0.25, 0.3) is 0 Å². The van der Waals surface area contributed by atoms with E-state index in [1.165, 1.54) is 12.8 Å². The molecule has 2 aromatic rings. The molecule has 0 radical (unpaired) electrons. The molecule has 5 heteroatoms. The molecule has 142 valence electrons.